The average Bonchev–Trinajstić information content (AvgIpc) is 3.09. The van der Waals surface area contributed by atoms with Gasteiger partial charge in [0.05, 0.1) is 4.92 Å². The van der Waals surface area contributed by atoms with E-state index in [4.69, 9.17) is 0 Å². The van der Waals surface area contributed by atoms with Crippen molar-refractivity contribution in [3.05, 3.63) is 22.1 Å². The Kier molecular flexibility index (Phi) is 3.08. The van der Waals surface area contributed by atoms with Crippen molar-refractivity contribution in [2.75, 3.05) is 0 Å². The number of aromatic nitrogens is 6. The summed E-state index contributed by atoms with van der Waals surface area (Å²) in [6.07, 6.45) is -1.73. The zero-order chi connectivity index (χ0) is 15.1. The van der Waals surface area contributed by atoms with Crippen LogP contribution in [0, 0.1) is 10.1 Å². The van der Waals surface area contributed by atoms with Crippen molar-refractivity contribution in [1.82, 2.24) is 29.6 Å². The Labute approximate surface area is 119 Å². The van der Waals surface area contributed by atoms with E-state index in [1.165, 1.54) is 4.68 Å². The van der Waals surface area contributed by atoms with Gasteiger partial charge in [-0.1, -0.05) is 11.3 Å². The molecule has 0 unspecified atom stereocenters. The highest BCUT2D eigenvalue weighted by molar-refractivity contribution is 7.19. The standard InChI is InChI=1S/C9H7F2N7O2S/c1-2-16-5(4(3-12-16)18(19)20)8-15-17-7(6(10)11)13-14-9(17)21-8/h3,6H,2H2,1H3. The molecule has 0 aliphatic heterocycles. The molecule has 0 N–H and O–H groups in total. The van der Waals surface area contributed by atoms with Crippen LogP contribution in [0.15, 0.2) is 6.20 Å². The van der Waals surface area contributed by atoms with E-state index in [0.29, 0.717) is 6.54 Å². The van der Waals surface area contributed by atoms with Crippen molar-refractivity contribution in [1.29, 1.82) is 0 Å². The van der Waals surface area contributed by atoms with Gasteiger partial charge in [0.25, 0.3) is 6.43 Å². The van der Waals surface area contributed by atoms with E-state index in [-0.39, 0.29) is 21.3 Å². The van der Waals surface area contributed by atoms with Gasteiger partial charge in [-0.25, -0.2) is 8.78 Å². The fourth-order valence-corrected chi connectivity index (χ4v) is 2.74. The molecular weight excluding hydrogens is 308 g/mol. The molecule has 3 heterocycles. The number of nitro groups is 1. The first-order chi connectivity index (χ1) is 10.0. The minimum atomic E-state index is -2.83. The molecule has 0 saturated heterocycles. The smallest absolute Gasteiger partial charge is 0.258 e. The summed E-state index contributed by atoms with van der Waals surface area (Å²) in [6.45, 7) is 2.14. The maximum atomic E-state index is 12.8. The zero-order valence-corrected chi connectivity index (χ0v) is 11.3. The van der Waals surface area contributed by atoms with E-state index in [0.717, 1.165) is 22.0 Å². The van der Waals surface area contributed by atoms with Gasteiger partial charge in [0, 0.05) is 6.54 Å². The maximum Gasteiger partial charge on any atom is 0.317 e. The highest BCUT2D eigenvalue weighted by Gasteiger charge is 2.27. The predicted molar refractivity (Wildman–Crippen MR) is 67.2 cm³/mol. The van der Waals surface area contributed by atoms with E-state index in [1.54, 1.807) is 6.92 Å². The van der Waals surface area contributed by atoms with Gasteiger partial charge in [-0.3, -0.25) is 14.8 Å². The number of hydrogen-bond acceptors (Lipinski definition) is 7. The van der Waals surface area contributed by atoms with Crippen LogP contribution in [-0.4, -0.2) is 34.5 Å². The van der Waals surface area contributed by atoms with E-state index < -0.39 is 17.2 Å². The number of fused-ring (bicyclic) bond motifs is 1. The summed E-state index contributed by atoms with van der Waals surface area (Å²) in [4.78, 5) is 10.6. The van der Waals surface area contributed by atoms with Gasteiger partial charge in [0.1, 0.15) is 6.20 Å². The average molecular weight is 315 g/mol. The first-order valence-corrected chi connectivity index (χ1v) is 6.55. The molecule has 0 bridgehead atoms. The van der Waals surface area contributed by atoms with Crippen LogP contribution < -0.4 is 0 Å². The van der Waals surface area contributed by atoms with Gasteiger partial charge in [-0.05, 0) is 6.92 Å². The summed E-state index contributed by atoms with van der Waals surface area (Å²) in [5.41, 5.74) is -0.0707. The molecule has 0 aliphatic rings. The molecule has 3 aromatic rings. The summed E-state index contributed by atoms with van der Waals surface area (Å²) in [5.74, 6) is -0.599. The Hall–Kier alpha value is -2.50. The van der Waals surface area contributed by atoms with Crippen molar-refractivity contribution in [2.24, 2.45) is 0 Å². The number of nitrogens with zero attached hydrogens (tertiary/aromatic N) is 7. The molecule has 9 nitrogen and oxygen atoms in total. The topological polar surface area (TPSA) is 104 Å². The quantitative estimate of drug-likeness (QED) is 0.538. The minimum absolute atomic E-state index is 0.137. The largest absolute Gasteiger partial charge is 0.317 e. The van der Waals surface area contributed by atoms with Crippen LogP contribution in [0.5, 0.6) is 0 Å². The lowest BCUT2D eigenvalue weighted by Crippen LogP contribution is -2.01. The Bertz CT molecular complexity index is 823. The second-order valence-corrected chi connectivity index (χ2v) is 4.87. The van der Waals surface area contributed by atoms with Crippen LogP contribution in [0.4, 0.5) is 14.5 Å². The van der Waals surface area contributed by atoms with Crippen molar-refractivity contribution < 1.29 is 13.7 Å². The van der Waals surface area contributed by atoms with E-state index in [9.17, 15) is 18.9 Å². The van der Waals surface area contributed by atoms with Gasteiger partial charge < -0.3 is 0 Å². The number of rotatable bonds is 4. The number of aryl methyl sites for hydroxylation is 1. The first kappa shape index (κ1) is 13.5. The third-order valence-corrected chi connectivity index (χ3v) is 3.63. The molecule has 0 spiro atoms. The molecule has 0 saturated carbocycles. The lowest BCUT2D eigenvalue weighted by Gasteiger charge is -1.99. The Morgan fingerprint density at radius 1 is 1.48 bits per heavy atom. The minimum Gasteiger partial charge on any atom is -0.258 e. The van der Waals surface area contributed by atoms with Crippen molar-refractivity contribution in [3.63, 3.8) is 0 Å². The first-order valence-electron chi connectivity index (χ1n) is 5.73. The summed E-state index contributed by atoms with van der Waals surface area (Å²) in [6, 6.07) is 0. The van der Waals surface area contributed by atoms with Crippen LogP contribution >= 0.6 is 11.3 Å². The molecule has 0 atom stereocenters. The second kappa shape index (κ2) is 4.80. The molecule has 3 rings (SSSR count). The molecule has 110 valence electrons. The Morgan fingerprint density at radius 3 is 2.86 bits per heavy atom. The van der Waals surface area contributed by atoms with Crippen LogP contribution in [0.1, 0.15) is 19.2 Å². The molecule has 3 aromatic heterocycles. The normalized spacial score (nSPS) is 11.6. The van der Waals surface area contributed by atoms with E-state index in [1.807, 2.05) is 0 Å². The van der Waals surface area contributed by atoms with Crippen molar-refractivity contribution >= 4 is 22.0 Å². The van der Waals surface area contributed by atoms with Gasteiger partial charge in [0.15, 0.2) is 10.7 Å². The summed E-state index contributed by atoms with van der Waals surface area (Å²) in [5, 5.41) is 26.0. The molecule has 12 heteroatoms. The van der Waals surface area contributed by atoms with Crippen LogP contribution in [0.3, 0.4) is 0 Å². The SMILES string of the molecule is CCn1ncc([N+](=O)[O-])c1-c1nn2c(C(F)F)nnc2s1. The summed E-state index contributed by atoms with van der Waals surface area (Å²) >= 11 is 0.934. The number of halogens is 2. The van der Waals surface area contributed by atoms with E-state index >= 15 is 0 Å². The Balaban J connectivity index is 2.21. The van der Waals surface area contributed by atoms with Crippen LogP contribution in [-0.2, 0) is 6.54 Å². The third kappa shape index (κ3) is 2.03. The molecule has 0 aliphatic carbocycles. The number of hydrogen-bond donors (Lipinski definition) is 0. The lowest BCUT2D eigenvalue weighted by atomic mass is 10.4. The fraction of sp³-hybridized carbons (Fsp3) is 0.333. The predicted octanol–water partition coefficient (Wildman–Crippen LogP) is 1.91. The van der Waals surface area contributed by atoms with Gasteiger partial charge in [-0.2, -0.15) is 14.7 Å². The van der Waals surface area contributed by atoms with Crippen LogP contribution in [0.2, 0.25) is 0 Å². The highest BCUT2D eigenvalue weighted by atomic mass is 32.1. The van der Waals surface area contributed by atoms with E-state index in [2.05, 4.69) is 20.4 Å². The third-order valence-electron chi connectivity index (χ3n) is 2.73. The van der Waals surface area contributed by atoms with Gasteiger partial charge >= 0.3 is 5.69 Å². The molecule has 0 radical (unpaired) electrons. The fourth-order valence-electron chi connectivity index (χ4n) is 1.83. The summed E-state index contributed by atoms with van der Waals surface area (Å²) < 4.78 is 27.8. The molecule has 0 aromatic carbocycles. The second-order valence-electron chi connectivity index (χ2n) is 3.91. The van der Waals surface area contributed by atoms with Gasteiger partial charge in [-0.15, -0.1) is 10.2 Å². The number of alkyl halides is 2. The maximum absolute atomic E-state index is 12.8. The highest BCUT2D eigenvalue weighted by Crippen LogP contribution is 2.33. The van der Waals surface area contributed by atoms with Gasteiger partial charge in [0.2, 0.25) is 10.8 Å². The molecular formula is C9H7F2N7O2S. The monoisotopic (exact) mass is 315 g/mol. The lowest BCUT2D eigenvalue weighted by molar-refractivity contribution is -0.384. The van der Waals surface area contributed by atoms with Crippen molar-refractivity contribution in [3.8, 4) is 10.7 Å². The van der Waals surface area contributed by atoms with Crippen LogP contribution in [0.25, 0.3) is 15.7 Å². The van der Waals surface area contributed by atoms with Crippen molar-refractivity contribution in [2.45, 2.75) is 19.9 Å². The zero-order valence-electron chi connectivity index (χ0n) is 10.5. The molecule has 0 amide bonds. The molecule has 21 heavy (non-hydrogen) atoms. The Morgan fingerprint density at radius 2 is 2.24 bits per heavy atom. The summed E-state index contributed by atoms with van der Waals surface area (Å²) in [7, 11) is 0. The molecule has 0 fully saturated rings.